The van der Waals surface area contributed by atoms with Crippen LogP contribution in [0.2, 0.25) is 0 Å². The standard InChI is InChI=1S/C22H18N2O5S/c1-26-19-11-16(7-8-18(19)27-12-15-5-3-2-4-6-15)22(25)28-13-20-23-21(24-29-20)17-9-10-30-14-17/h2-11,14H,12-13H2,1H3. The first-order chi connectivity index (χ1) is 14.7. The Labute approximate surface area is 176 Å². The van der Waals surface area contributed by atoms with Gasteiger partial charge in [-0.1, -0.05) is 35.5 Å². The summed E-state index contributed by atoms with van der Waals surface area (Å²) in [5.74, 6) is 1.13. The smallest absolute Gasteiger partial charge is 0.338 e. The second-order valence-electron chi connectivity index (χ2n) is 6.24. The molecule has 0 unspecified atom stereocenters. The van der Waals surface area contributed by atoms with Crippen LogP contribution >= 0.6 is 11.3 Å². The van der Waals surface area contributed by atoms with E-state index >= 15 is 0 Å². The first-order valence-corrected chi connectivity index (χ1v) is 10.0. The van der Waals surface area contributed by atoms with Gasteiger partial charge in [0.05, 0.1) is 12.7 Å². The Morgan fingerprint density at radius 1 is 1.07 bits per heavy atom. The van der Waals surface area contributed by atoms with Crippen molar-refractivity contribution in [1.82, 2.24) is 10.1 Å². The first kappa shape index (κ1) is 19.7. The number of carbonyl (C=O) groups is 1. The molecule has 0 atom stereocenters. The van der Waals surface area contributed by atoms with Crippen molar-refractivity contribution in [2.75, 3.05) is 7.11 Å². The fraction of sp³-hybridized carbons (Fsp3) is 0.136. The Morgan fingerprint density at radius 3 is 2.70 bits per heavy atom. The van der Waals surface area contributed by atoms with Gasteiger partial charge in [-0.2, -0.15) is 16.3 Å². The van der Waals surface area contributed by atoms with E-state index in [9.17, 15) is 4.79 Å². The van der Waals surface area contributed by atoms with Gasteiger partial charge in [0.15, 0.2) is 18.1 Å². The predicted molar refractivity (Wildman–Crippen MR) is 110 cm³/mol. The summed E-state index contributed by atoms with van der Waals surface area (Å²) in [7, 11) is 1.52. The van der Waals surface area contributed by atoms with Gasteiger partial charge >= 0.3 is 5.97 Å². The Balaban J connectivity index is 1.38. The molecule has 0 saturated heterocycles. The third-order valence-electron chi connectivity index (χ3n) is 4.21. The molecule has 0 spiro atoms. The number of benzene rings is 2. The second kappa shape index (κ2) is 9.23. The lowest BCUT2D eigenvalue weighted by Gasteiger charge is -2.12. The van der Waals surface area contributed by atoms with Crippen molar-refractivity contribution in [2.24, 2.45) is 0 Å². The summed E-state index contributed by atoms with van der Waals surface area (Å²) >= 11 is 1.54. The molecular weight excluding hydrogens is 404 g/mol. The molecule has 0 N–H and O–H groups in total. The minimum atomic E-state index is -0.529. The maximum atomic E-state index is 12.4. The summed E-state index contributed by atoms with van der Waals surface area (Å²) in [6, 6.07) is 16.5. The highest BCUT2D eigenvalue weighted by molar-refractivity contribution is 7.08. The van der Waals surface area contributed by atoms with E-state index < -0.39 is 5.97 Å². The minimum Gasteiger partial charge on any atom is -0.493 e. The maximum absolute atomic E-state index is 12.4. The normalized spacial score (nSPS) is 10.6. The number of aromatic nitrogens is 2. The average Bonchev–Trinajstić information content (AvgIpc) is 3.48. The molecule has 30 heavy (non-hydrogen) atoms. The monoisotopic (exact) mass is 422 g/mol. The van der Waals surface area contributed by atoms with E-state index in [-0.39, 0.29) is 12.5 Å². The zero-order valence-corrected chi connectivity index (χ0v) is 16.9. The largest absolute Gasteiger partial charge is 0.493 e. The molecule has 152 valence electrons. The third-order valence-corrected chi connectivity index (χ3v) is 4.89. The van der Waals surface area contributed by atoms with E-state index in [1.165, 1.54) is 18.4 Å². The number of rotatable bonds is 8. The van der Waals surface area contributed by atoms with Crippen LogP contribution in [-0.2, 0) is 18.0 Å². The molecule has 8 heteroatoms. The number of ether oxygens (including phenoxy) is 3. The van der Waals surface area contributed by atoms with Gasteiger partial charge in [0.2, 0.25) is 5.82 Å². The zero-order valence-electron chi connectivity index (χ0n) is 16.1. The van der Waals surface area contributed by atoms with Crippen LogP contribution in [0.15, 0.2) is 69.9 Å². The van der Waals surface area contributed by atoms with Crippen molar-refractivity contribution in [1.29, 1.82) is 0 Å². The second-order valence-corrected chi connectivity index (χ2v) is 7.02. The Kier molecular flexibility index (Phi) is 6.05. The lowest BCUT2D eigenvalue weighted by Crippen LogP contribution is -2.06. The zero-order chi connectivity index (χ0) is 20.8. The van der Waals surface area contributed by atoms with E-state index in [2.05, 4.69) is 10.1 Å². The number of hydrogen-bond donors (Lipinski definition) is 0. The van der Waals surface area contributed by atoms with Gasteiger partial charge in [0.1, 0.15) is 6.61 Å². The van der Waals surface area contributed by atoms with Crippen molar-refractivity contribution in [3.63, 3.8) is 0 Å². The third kappa shape index (κ3) is 4.66. The molecule has 0 saturated carbocycles. The van der Waals surface area contributed by atoms with E-state index in [1.54, 1.807) is 18.2 Å². The topological polar surface area (TPSA) is 83.7 Å². The Bertz CT molecular complexity index is 1110. The number of methoxy groups -OCH3 is 1. The molecule has 0 aliphatic rings. The number of hydrogen-bond acceptors (Lipinski definition) is 8. The highest BCUT2D eigenvalue weighted by Gasteiger charge is 2.15. The van der Waals surface area contributed by atoms with Crippen LogP contribution in [0, 0.1) is 0 Å². The molecule has 0 aliphatic carbocycles. The van der Waals surface area contributed by atoms with Gasteiger partial charge in [-0.3, -0.25) is 0 Å². The summed E-state index contributed by atoms with van der Waals surface area (Å²) in [5, 5.41) is 7.72. The van der Waals surface area contributed by atoms with Crippen LogP contribution in [0.5, 0.6) is 11.5 Å². The van der Waals surface area contributed by atoms with Crippen LogP contribution in [0.3, 0.4) is 0 Å². The molecule has 7 nitrogen and oxygen atoms in total. The highest BCUT2D eigenvalue weighted by Crippen LogP contribution is 2.29. The molecule has 0 radical (unpaired) electrons. The van der Waals surface area contributed by atoms with Crippen molar-refractivity contribution >= 4 is 17.3 Å². The van der Waals surface area contributed by atoms with Crippen LogP contribution in [0.1, 0.15) is 21.8 Å². The van der Waals surface area contributed by atoms with E-state index in [1.807, 2.05) is 47.2 Å². The van der Waals surface area contributed by atoms with Gasteiger partial charge in [0, 0.05) is 10.9 Å². The van der Waals surface area contributed by atoms with Crippen molar-refractivity contribution in [3.8, 4) is 22.9 Å². The lowest BCUT2D eigenvalue weighted by molar-refractivity contribution is 0.0429. The molecular formula is C22H18N2O5S. The van der Waals surface area contributed by atoms with Gasteiger partial charge < -0.3 is 18.7 Å². The molecule has 2 heterocycles. The van der Waals surface area contributed by atoms with Crippen LogP contribution in [0.25, 0.3) is 11.4 Å². The van der Waals surface area contributed by atoms with Crippen LogP contribution < -0.4 is 9.47 Å². The maximum Gasteiger partial charge on any atom is 0.338 e. The summed E-state index contributed by atoms with van der Waals surface area (Å²) < 4.78 is 21.6. The molecule has 2 aromatic heterocycles. The summed E-state index contributed by atoms with van der Waals surface area (Å²) in [4.78, 5) is 16.6. The predicted octanol–water partition coefficient (Wildman–Crippen LogP) is 4.74. The first-order valence-electron chi connectivity index (χ1n) is 9.10. The SMILES string of the molecule is COc1cc(C(=O)OCc2nc(-c3ccsc3)no2)ccc1OCc1ccccc1. The number of esters is 1. The summed E-state index contributed by atoms with van der Waals surface area (Å²) in [5.41, 5.74) is 2.22. The minimum absolute atomic E-state index is 0.120. The molecule has 4 rings (SSSR count). The van der Waals surface area contributed by atoms with Gasteiger partial charge in [-0.15, -0.1) is 0 Å². The summed E-state index contributed by atoms with van der Waals surface area (Å²) in [6.45, 7) is 0.273. The van der Waals surface area contributed by atoms with Crippen LogP contribution in [0.4, 0.5) is 0 Å². The van der Waals surface area contributed by atoms with Crippen molar-refractivity contribution < 1.29 is 23.5 Å². The fourth-order valence-corrected chi connectivity index (χ4v) is 3.32. The number of carbonyl (C=O) groups excluding carboxylic acids is 1. The fourth-order valence-electron chi connectivity index (χ4n) is 2.68. The molecule has 0 bridgehead atoms. The van der Waals surface area contributed by atoms with E-state index in [0.29, 0.717) is 29.5 Å². The van der Waals surface area contributed by atoms with Crippen molar-refractivity contribution in [3.05, 3.63) is 82.4 Å². The van der Waals surface area contributed by atoms with Crippen LogP contribution in [-0.4, -0.2) is 23.2 Å². The Morgan fingerprint density at radius 2 is 1.93 bits per heavy atom. The molecule has 0 aliphatic heterocycles. The lowest BCUT2D eigenvalue weighted by atomic mass is 10.2. The van der Waals surface area contributed by atoms with Crippen molar-refractivity contribution in [2.45, 2.75) is 13.2 Å². The number of nitrogens with zero attached hydrogens (tertiary/aromatic N) is 2. The van der Waals surface area contributed by atoms with Gasteiger partial charge in [0.25, 0.3) is 5.89 Å². The molecule has 0 amide bonds. The summed E-state index contributed by atoms with van der Waals surface area (Å²) in [6.07, 6.45) is 0. The highest BCUT2D eigenvalue weighted by atomic mass is 32.1. The van der Waals surface area contributed by atoms with Gasteiger partial charge in [-0.25, -0.2) is 4.79 Å². The Hall–Kier alpha value is -3.65. The average molecular weight is 422 g/mol. The molecule has 2 aromatic carbocycles. The van der Waals surface area contributed by atoms with Gasteiger partial charge in [-0.05, 0) is 35.2 Å². The van der Waals surface area contributed by atoms with E-state index in [4.69, 9.17) is 18.7 Å². The molecule has 0 fully saturated rings. The molecule has 4 aromatic rings. The number of thiophene rings is 1. The van der Waals surface area contributed by atoms with E-state index in [0.717, 1.165) is 11.1 Å². The quantitative estimate of drug-likeness (QED) is 0.379.